The largest absolute Gasteiger partial charge is 0.481 e. The molecule has 2 bridgehead atoms. The van der Waals surface area contributed by atoms with Crippen LogP contribution in [0.25, 0.3) is 10.9 Å². The van der Waals surface area contributed by atoms with Gasteiger partial charge in [0.05, 0.1) is 18.8 Å². The van der Waals surface area contributed by atoms with Crippen LogP contribution in [-0.4, -0.2) is 41.1 Å². The Morgan fingerprint density at radius 1 is 1.41 bits per heavy atom. The van der Waals surface area contributed by atoms with E-state index in [1.165, 1.54) is 60.9 Å². The average Bonchev–Trinajstić information content (AvgIpc) is 2.88. The number of piperidine rings is 1. The normalized spacial score (nSPS) is 27.5. The predicted molar refractivity (Wildman–Crippen MR) is 88.6 cm³/mol. The van der Waals surface area contributed by atoms with Crippen LogP contribution in [0.2, 0.25) is 0 Å². The lowest BCUT2D eigenvalue weighted by molar-refractivity contribution is 0.125. The van der Waals surface area contributed by atoms with Gasteiger partial charge in [-0.15, -0.1) is 0 Å². The zero-order valence-corrected chi connectivity index (χ0v) is 13.6. The molecule has 0 radical (unpaired) electrons. The Hall–Kier alpha value is -1.55. The fraction of sp³-hybridized carbons (Fsp3) is 0.611. The molecule has 4 nitrogen and oxygen atoms in total. The quantitative estimate of drug-likeness (QED) is 0.943. The number of rotatable bonds is 3. The molecular formula is C18H25N3O. The number of H-pyrrole nitrogens is 1. The van der Waals surface area contributed by atoms with Crippen molar-refractivity contribution in [2.45, 2.75) is 51.0 Å². The summed E-state index contributed by atoms with van der Waals surface area (Å²) in [7, 11) is 1.69. The molecule has 22 heavy (non-hydrogen) atoms. The van der Waals surface area contributed by atoms with E-state index < -0.39 is 0 Å². The SMILES string of the molecule is CCCC1[C@H]2CCC[N@]1CCc1c2[nH]c2cnc(OC)cc12. The van der Waals surface area contributed by atoms with Crippen LogP contribution in [0.5, 0.6) is 5.88 Å². The minimum atomic E-state index is 0.657. The number of aromatic nitrogens is 2. The zero-order chi connectivity index (χ0) is 15.1. The van der Waals surface area contributed by atoms with Gasteiger partial charge in [0.15, 0.2) is 0 Å². The molecule has 0 aliphatic carbocycles. The lowest BCUT2D eigenvalue weighted by Crippen LogP contribution is -2.43. The maximum atomic E-state index is 5.32. The van der Waals surface area contributed by atoms with Gasteiger partial charge in [-0.25, -0.2) is 4.98 Å². The van der Waals surface area contributed by atoms with E-state index in [1.54, 1.807) is 7.11 Å². The van der Waals surface area contributed by atoms with Gasteiger partial charge in [0.2, 0.25) is 5.88 Å². The van der Waals surface area contributed by atoms with Gasteiger partial charge >= 0.3 is 0 Å². The number of hydrogen-bond donors (Lipinski definition) is 1. The average molecular weight is 299 g/mol. The summed E-state index contributed by atoms with van der Waals surface area (Å²) in [6.07, 6.45) is 8.27. The third-order valence-electron chi connectivity index (χ3n) is 5.51. The molecule has 2 aromatic rings. The number of pyridine rings is 1. The first kappa shape index (κ1) is 14.1. The highest BCUT2D eigenvalue weighted by Crippen LogP contribution is 2.41. The van der Waals surface area contributed by atoms with Crippen molar-refractivity contribution in [1.82, 2.24) is 14.9 Å². The Morgan fingerprint density at radius 2 is 2.32 bits per heavy atom. The first-order chi connectivity index (χ1) is 10.8. The molecule has 0 saturated carbocycles. The van der Waals surface area contributed by atoms with Crippen LogP contribution in [0.3, 0.4) is 0 Å². The Bertz CT molecular complexity index is 678. The van der Waals surface area contributed by atoms with Gasteiger partial charge in [0, 0.05) is 35.7 Å². The van der Waals surface area contributed by atoms with E-state index in [9.17, 15) is 0 Å². The van der Waals surface area contributed by atoms with Crippen LogP contribution in [0.1, 0.15) is 49.8 Å². The first-order valence-electron chi connectivity index (χ1n) is 8.60. The smallest absolute Gasteiger partial charge is 0.213 e. The number of fused-ring (bicyclic) bond motifs is 6. The molecule has 2 aliphatic heterocycles. The van der Waals surface area contributed by atoms with Gasteiger partial charge in [0.1, 0.15) is 0 Å². The molecule has 2 aromatic heterocycles. The van der Waals surface area contributed by atoms with Crippen molar-refractivity contribution in [2.75, 3.05) is 20.2 Å². The van der Waals surface area contributed by atoms with E-state index >= 15 is 0 Å². The molecule has 0 aromatic carbocycles. The van der Waals surface area contributed by atoms with Crippen LogP contribution in [-0.2, 0) is 6.42 Å². The summed E-state index contributed by atoms with van der Waals surface area (Å²) in [5, 5.41) is 1.31. The van der Waals surface area contributed by atoms with Gasteiger partial charge in [-0.2, -0.15) is 0 Å². The first-order valence-corrected chi connectivity index (χ1v) is 8.60. The Balaban J connectivity index is 1.84. The van der Waals surface area contributed by atoms with Gasteiger partial charge in [-0.1, -0.05) is 13.3 Å². The molecule has 4 rings (SSSR count). The number of methoxy groups -OCH3 is 1. The Morgan fingerprint density at radius 3 is 3.14 bits per heavy atom. The van der Waals surface area contributed by atoms with Crippen molar-refractivity contribution >= 4 is 10.9 Å². The van der Waals surface area contributed by atoms with Crippen molar-refractivity contribution in [1.29, 1.82) is 0 Å². The van der Waals surface area contributed by atoms with Gasteiger partial charge < -0.3 is 9.72 Å². The molecule has 4 heterocycles. The van der Waals surface area contributed by atoms with Crippen molar-refractivity contribution in [3.63, 3.8) is 0 Å². The number of ether oxygens (including phenoxy) is 1. The minimum absolute atomic E-state index is 0.657. The summed E-state index contributed by atoms with van der Waals surface area (Å²) in [6, 6.07) is 2.81. The maximum Gasteiger partial charge on any atom is 0.213 e. The highest BCUT2D eigenvalue weighted by Gasteiger charge is 2.36. The van der Waals surface area contributed by atoms with Crippen LogP contribution in [0, 0.1) is 0 Å². The van der Waals surface area contributed by atoms with E-state index in [-0.39, 0.29) is 0 Å². The summed E-state index contributed by atoms with van der Waals surface area (Å²) in [5.41, 5.74) is 4.15. The highest BCUT2D eigenvalue weighted by molar-refractivity contribution is 5.85. The lowest BCUT2D eigenvalue weighted by atomic mass is 9.84. The predicted octanol–water partition coefficient (Wildman–Crippen LogP) is 3.48. The van der Waals surface area contributed by atoms with Crippen LogP contribution in [0.15, 0.2) is 12.3 Å². The minimum Gasteiger partial charge on any atom is -0.481 e. The van der Waals surface area contributed by atoms with E-state index in [0.717, 1.165) is 6.42 Å². The molecular weight excluding hydrogens is 274 g/mol. The molecule has 1 fully saturated rings. The van der Waals surface area contributed by atoms with E-state index in [0.29, 0.717) is 17.8 Å². The molecule has 1 saturated heterocycles. The summed E-state index contributed by atoms with van der Waals surface area (Å²) in [6.45, 7) is 4.77. The number of nitrogens with one attached hydrogen (secondary N) is 1. The fourth-order valence-electron chi connectivity index (χ4n) is 4.52. The molecule has 4 heteroatoms. The number of nitrogens with zero attached hydrogens (tertiary/aromatic N) is 2. The lowest BCUT2D eigenvalue weighted by Gasteiger charge is -2.39. The maximum absolute atomic E-state index is 5.32. The number of hydrogen-bond acceptors (Lipinski definition) is 3. The molecule has 1 N–H and O–H groups in total. The van der Waals surface area contributed by atoms with Crippen molar-refractivity contribution in [3.05, 3.63) is 23.5 Å². The van der Waals surface area contributed by atoms with Gasteiger partial charge in [0.25, 0.3) is 0 Å². The second-order valence-corrected chi connectivity index (χ2v) is 6.68. The molecule has 0 spiro atoms. The summed E-state index contributed by atoms with van der Waals surface area (Å²) < 4.78 is 5.32. The van der Waals surface area contributed by atoms with Crippen molar-refractivity contribution in [3.8, 4) is 5.88 Å². The van der Waals surface area contributed by atoms with E-state index in [2.05, 4.69) is 27.9 Å². The summed E-state index contributed by atoms with van der Waals surface area (Å²) >= 11 is 0. The Kier molecular flexibility index (Phi) is 3.57. The van der Waals surface area contributed by atoms with Crippen LogP contribution < -0.4 is 4.74 Å². The second-order valence-electron chi connectivity index (χ2n) is 6.68. The topological polar surface area (TPSA) is 41.2 Å². The van der Waals surface area contributed by atoms with Crippen molar-refractivity contribution < 1.29 is 4.74 Å². The molecule has 3 atom stereocenters. The van der Waals surface area contributed by atoms with Crippen molar-refractivity contribution in [2.24, 2.45) is 0 Å². The third-order valence-corrected chi connectivity index (χ3v) is 5.51. The van der Waals surface area contributed by atoms with E-state index in [1.807, 2.05) is 6.20 Å². The monoisotopic (exact) mass is 299 g/mol. The number of aromatic amines is 1. The standard InChI is InChI=1S/C18H25N3O/c1-3-5-16-13-6-4-8-21(16)9-7-12-14-10-17(22-2)19-11-15(14)20-18(12)13/h10-11,13,16,20H,3-9H2,1-2H3/t13-,16?/m1/s1. The molecule has 2 aliphatic rings. The Labute approximate surface area is 131 Å². The fourth-order valence-corrected chi connectivity index (χ4v) is 4.52. The van der Waals surface area contributed by atoms with Gasteiger partial charge in [-0.05, 0) is 37.8 Å². The second kappa shape index (κ2) is 5.58. The summed E-state index contributed by atoms with van der Waals surface area (Å²) in [5.74, 6) is 1.37. The van der Waals surface area contributed by atoms with Crippen LogP contribution >= 0.6 is 0 Å². The van der Waals surface area contributed by atoms with E-state index in [4.69, 9.17) is 4.74 Å². The third kappa shape index (κ3) is 2.12. The zero-order valence-electron chi connectivity index (χ0n) is 13.6. The highest BCUT2D eigenvalue weighted by atomic mass is 16.5. The molecule has 1 unspecified atom stereocenters. The van der Waals surface area contributed by atoms with Crippen LogP contribution in [0.4, 0.5) is 0 Å². The molecule has 0 amide bonds. The summed E-state index contributed by atoms with van der Waals surface area (Å²) in [4.78, 5) is 10.8. The van der Waals surface area contributed by atoms with Gasteiger partial charge in [-0.3, -0.25) is 4.90 Å². The molecule has 118 valence electrons.